The Balaban J connectivity index is 1.34. The van der Waals surface area contributed by atoms with Crippen LogP contribution in [0.15, 0.2) is 83.3 Å². The number of halogens is 1. The molecule has 6 aromatic rings. The Labute approximate surface area is 193 Å². The fourth-order valence-electron chi connectivity index (χ4n) is 4.08. The van der Waals surface area contributed by atoms with Crippen molar-refractivity contribution in [2.45, 2.75) is 6.92 Å². The van der Waals surface area contributed by atoms with Crippen LogP contribution in [-0.2, 0) is 0 Å². The van der Waals surface area contributed by atoms with Crippen LogP contribution in [0.1, 0.15) is 16.1 Å². The highest BCUT2D eigenvalue weighted by molar-refractivity contribution is 6.31. The molecule has 0 unspecified atom stereocenters. The summed E-state index contributed by atoms with van der Waals surface area (Å²) < 4.78 is 5.78. The van der Waals surface area contributed by atoms with E-state index in [1.807, 2.05) is 43.3 Å². The highest BCUT2D eigenvalue weighted by Crippen LogP contribution is 2.29. The van der Waals surface area contributed by atoms with E-state index in [0.29, 0.717) is 21.8 Å². The van der Waals surface area contributed by atoms with Crippen LogP contribution >= 0.6 is 11.6 Å². The van der Waals surface area contributed by atoms with Gasteiger partial charge in [0, 0.05) is 27.0 Å². The number of rotatable bonds is 3. The third-order valence-electron chi connectivity index (χ3n) is 5.72. The maximum absolute atomic E-state index is 12.9. The molecule has 1 amide bonds. The zero-order valence-electron chi connectivity index (χ0n) is 17.5. The fraction of sp³-hybridized carbons (Fsp3) is 0.0385. The van der Waals surface area contributed by atoms with Crippen molar-refractivity contribution >= 4 is 56.0 Å². The molecule has 0 spiro atoms. The Kier molecular flexibility index (Phi) is 4.41. The number of amides is 1. The number of hydrogen-bond acceptors (Lipinski definition) is 4. The number of aromatic nitrogens is 3. The van der Waals surface area contributed by atoms with Crippen molar-refractivity contribution in [3.63, 3.8) is 0 Å². The molecule has 0 bridgehead atoms. The Hall–Kier alpha value is -4.16. The molecular weight excluding hydrogens is 436 g/mol. The summed E-state index contributed by atoms with van der Waals surface area (Å²) in [5.41, 5.74) is 4.27. The predicted molar refractivity (Wildman–Crippen MR) is 130 cm³/mol. The van der Waals surface area contributed by atoms with E-state index in [-0.39, 0.29) is 11.7 Å². The van der Waals surface area contributed by atoms with Crippen LogP contribution in [-0.4, -0.2) is 20.9 Å². The van der Waals surface area contributed by atoms with E-state index >= 15 is 0 Å². The lowest BCUT2D eigenvalue weighted by molar-refractivity contribution is 0.0998. The van der Waals surface area contributed by atoms with Gasteiger partial charge >= 0.3 is 0 Å². The van der Waals surface area contributed by atoms with Crippen molar-refractivity contribution < 1.29 is 9.21 Å². The van der Waals surface area contributed by atoms with Crippen molar-refractivity contribution in [3.05, 3.63) is 95.2 Å². The van der Waals surface area contributed by atoms with Crippen LogP contribution in [0.2, 0.25) is 5.02 Å². The lowest BCUT2D eigenvalue weighted by atomic mass is 10.1. The summed E-state index contributed by atoms with van der Waals surface area (Å²) in [7, 11) is 0. The third kappa shape index (κ3) is 3.32. The number of carbonyl (C=O) groups is 1. The van der Waals surface area contributed by atoms with Crippen molar-refractivity contribution in [1.82, 2.24) is 15.0 Å². The van der Waals surface area contributed by atoms with Crippen molar-refractivity contribution in [2.75, 3.05) is 5.32 Å². The van der Waals surface area contributed by atoms with Crippen LogP contribution < -0.4 is 5.32 Å². The number of hydrogen-bond donors (Lipinski definition) is 1. The van der Waals surface area contributed by atoms with Crippen LogP contribution in [0, 0.1) is 6.92 Å². The average Bonchev–Trinajstić information content (AvgIpc) is 3.39. The standard InChI is InChI=1S/C26H17ClN4O2/c1-15-20-13-17(27)9-12-24(20)33-25(15)26(32)28-18-10-11-21-22(14-18)30-31(29-21)23-8-4-6-16-5-2-3-7-19(16)23/h2-14H,1H3,(H,28,32). The number of nitrogens with zero attached hydrogens (tertiary/aromatic N) is 3. The third-order valence-corrected chi connectivity index (χ3v) is 5.96. The van der Waals surface area contributed by atoms with Gasteiger partial charge in [-0.3, -0.25) is 4.79 Å². The molecule has 2 aromatic heterocycles. The number of benzene rings is 4. The summed E-state index contributed by atoms with van der Waals surface area (Å²) in [4.78, 5) is 14.6. The average molecular weight is 453 g/mol. The first-order valence-electron chi connectivity index (χ1n) is 10.4. The van der Waals surface area contributed by atoms with Gasteiger partial charge in [0.15, 0.2) is 5.76 Å². The van der Waals surface area contributed by atoms with Gasteiger partial charge in [0.25, 0.3) is 5.91 Å². The Bertz CT molecular complexity index is 1690. The molecular formula is C26H17ClN4O2. The summed E-state index contributed by atoms with van der Waals surface area (Å²) in [5, 5.41) is 15.8. The van der Waals surface area contributed by atoms with Gasteiger partial charge in [-0.25, -0.2) is 0 Å². The molecule has 2 heterocycles. The number of carbonyl (C=O) groups excluding carboxylic acids is 1. The first-order chi connectivity index (χ1) is 16.1. The number of anilines is 1. The summed E-state index contributed by atoms with van der Waals surface area (Å²) in [5.74, 6) is -0.0765. The molecule has 0 aliphatic carbocycles. The highest BCUT2D eigenvalue weighted by atomic mass is 35.5. The van der Waals surface area contributed by atoms with E-state index in [0.717, 1.165) is 32.9 Å². The van der Waals surface area contributed by atoms with Crippen LogP contribution in [0.5, 0.6) is 0 Å². The minimum Gasteiger partial charge on any atom is -0.451 e. The van der Waals surface area contributed by atoms with Gasteiger partial charge in [-0.15, -0.1) is 15.0 Å². The van der Waals surface area contributed by atoms with Crippen LogP contribution in [0.25, 0.3) is 38.5 Å². The molecule has 160 valence electrons. The molecule has 4 aromatic carbocycles. The fourth-order valence-corrected chi connectivity index (χ4v) is 4.25. The predicted octanol–water partition coefficient (Wildman–Crippen LogP) is 6.53. The van der Waals surface area contributed by atoms with Crippen LogP contribution in [0.4, 0.5) is 5.69 Å². The first-order valence-corrected chi connectivity index (χ1v) is 10.8. The zero-order valence-corrected chi connectivity index (χ0v) is 18.3. The monoisotopic (exact) mass is 452 g/mol. The van der Waals surface area contributed by atoms with E-state index in [2.05, 4.69) is 27.6 Å². The lowest BCUT2D eigenvalue weighted by Gasteiger charge is -2.04. The number of aryl methyl sites for hydroxylation is 1. The zero-order chi connectivity index (χ0) is 22.5. The van der Waals surface area contributed by atoms with E-state index in [1.165, 1.54) is 0 Å². The Morgan fingerprint density at radius 3 is 2.64 bits per heavy atom. The molecule has 1 N–H and O–H groups in total. The molecule has 0 saturated carbocycles. The Morgan fingerprint density at radius 2 is 1.73 bits per heavy atom. The topological polar surface area (TPSA) is 73.0 Å². The molecule has 33 heavy (non-hydrogen) atoms. The van der Waals surface area contributed by atoms with Gasteiger partial charge in [-0.2, -0.15) is 0 Å². The summed E-state index contributed by atoms with van der Waals surface area (Å²) in [6.07, 6.45) is 0. The van der Waals surface area contributed by atoms with E-state index in [9.17, 15) is 4.79 Å². The van der Waals surface area contributed by atoms with Crippen LogP contribution in [0.3, 0.4) is 0 Å². The molecule has 0 aliphatic heterocycles. The first kappa shape index (κ1) is 19.5. The molecule has 7 heteroatoms. The molecule has 0 fully saturated rings. The second-order valence-electron chi connectivity index (χ2n) is 7.84. The van der Waals surface area contributed by atoms with E-state index < -0.39 is 0 Å². The van der Waals surface area contributed by atoms with Gasteiger partial charge in [0.05, 0.1) is 5.69 Å². The number of nitrogens with one attached hydrogen (secondary N) is 1. The maximum atomic E-state index is 12.9. The SMILES string of the molecule is Cc1c(C(=O)Nc2ccc3nn(-c4cccc5ccccc45)nc3c2)oc2ccc(Cl)cc12. The Morgan fingerprint density at radius 1 is 0.909 bits per heavy atom. The molecule has 0 radical (unpaired) electrons. The summed E-state index contributed by atoms with van der Waals surface area (Å²) >= 11 is 6.09. The normalized spacial score (nSPS) is 11.5. The van der Waals surface area contributed by atoms with Crippen molar-refractivity contribution in [1.29, 1.82) is 0 Å². The molecule has 0 saturated heterocycles. The van der Waals surface area contributed by atoms with E-state index in [4.69, 9.17) is 16.0 Å². The van der Waals surface area contributed by atoms with Gasteiger partial charge in [-0.1, -0.05) is 48.0 Å². The molecule has 0 atom stereocenters. The van der Waals surface area contributed by atoms with Crippen molar-refractivity contribution in [2.24, 2.45) is 0 Å². The van der Waals surface area contributed by atoms with Gasteiger partial charge < -0.3 is 9.73 Å². The largest absolute Gasteiger partial charge is 0.451 e. The second-order valence-corrected chi connectivity index (χ2v) is 8.28. The second kappa shape index (κ2) is 7.46. The molecule has 0 aliphatic rings. The maximum Gasteiger partial charge on any atom is 0.291 e. The number of furan rings is 1. The minimum atomic E-state index is -0.333. The molecule has 6 nitrogen and oxygen atoms in total. The van der Waals surface area contributed by atoms with Crippen molar-refractivity contribution in [3.8, 4) is 5.69 Å². The van der Waals surface area contributed by atoms with Gasteiger partial charge in [0.2, 0.25) is 0 Å². The minimum absolute atomic E-state index is 0.256. The van der Waals surface area contributed by atoms with E-state index in [1.54, 1.807) is 35.1 Å². The quantitative estimate of drug-likeness (QED) is 0.331. The number of fused-ring (bicyclic) bond motifs is 3. The van der Waals surface area contributed by atoms with Gasteiger partial charge in [-0.05, 0) is 54.8 Å². The highest BCUT2D eigenvalue weighted by Gasteiger charge is 2.18. The van der Waals surface area contributed by atoms with Gasteiger partial charge in [0.1, 0.15) is 16.6 Å². The molecule has 6 rings (SSSR count). The summed E-state index contributed by atoms with van der Waals surface area (Å²) in [6.45, 7) is 1.84. The summed E-state index contributed by atoms with van der Waals surface area (Å²) in [6, 6.07) is 24.9. The smallest absolute Gasteiger partial charge is 0.291 e. The lowest BCUT2D eigenvalue weighted by Crippen LogP contribution is -2.12.